The van der Waals surface area contributed by atoms with Crippen molar-refractivity contribution < 1.29 is 8.42 Å². The van der Waals surface area contributed by atoms with Gasteiger partial charge in [0.05, 0.1) is 17.5 Å². The molecule has 7 heteroatoms. The number of rotatable bonds is 2. The fourth-order valence-electron chi connectivity index (χ4n) is 2.72. The van der Waals surface area contributed by atoms with Crippen LogP contribution in [0.5, 0.6) is 0 Å². The molecule has 0 aliphatic carbocycles. The van der Waals surface area contributed by atoms with Crippen LogP contribution in [-0.4, -0.2) is 50.1 Å². The van der Waals surface area contributed by atoms with E-state index in [1.165, 1.54) is 10.6 Å². The van der Waals surface area contributed by atoms with Crippen LogP contribution in [0.4, 0.5) is 11.4 Å². The van der Waals surface area contributed by atoms with Crippen molar-refractivity contribution in [3.8, 4) is 0 Å². The number of fused-ring (bicyclic) bond motifs is 1. The Kier molecular flexibility index (Phi) is 3.46. The molecule has 1 aromatic carbocycles. The first kappa shape index (κ1) is 14.1. The molecule has 2 heterocycles. The van der Waals surface area contributed by atoms with Crippen LogP contribution in [0.25, 0.3) is 10.9 Å². The van der Waals surface area contributed by atoms with Crippen LogP contribution in [0.3, 0.4) is 0 Å². The lowest BCUT2D eigenvalue weighted by Crippen LogP contribution is -2.48. The molecule has 0 spiro atoms. The van der Waals surface area contributed by atoms with E-state index in [1.807, 2.05) is 24.3 Å². The largest absolute Gasteiger partial charge is 0.397 e. The standard InChI is InChI=1S/C14H18N4O2S/c1-21(19,20)18-9-7-17(8-10-18)13-5-6-16-14-11(13)3-2-4-12(14)15/h2-6H,7-10,15H2,1H3. The van der Waals surface area contributed by atoms with Crippen molar-refractivity contribution in [2.24, 2.45) is 0 Å². The maximum absolute atomic E-state index is 11.6. The summed E-state index contributed by atoms with van der Waals surface area (Å²) in [6, 6.07) is 7.70. The number of para-hydroxylation sites is 1. The molecule has 3 rings (SSSR count). The third-order valence-electron chi connectivity index (χ3n) is 3.83. The molecule has 0 bridgehead atoms. The highest BCUT2D eigenvalue weighted by atomic mass is 32.2. The SMILES string of the molecule is CS(=O)(=O)N1CCN(c2ccnc3c(N)cccc23)CC1. The molecule has 21 heavy (non-hydrogen) atoms. The molecule has 112 valence electrons. The highest BCUT2D eigenvalue weighted by Gasteiger charge is 2.24. The molecule has 0 saturated carbocycles. The number of nitrogen functional groups attached to an aromatic ring is 1. The van der Waals surface area contributed by atoms with Gasteiger partial charge in [0.1, 0.15) is 0 Å². The Bertz CT molecular complexity index is 768. The van der Waals surface area contributed by atoms with Crippen LogP contribution >= 0.6 is 0 Å². The van der Waals surface area contributed by atoms with E-state index in [4.69, 9.17) is 5.73 Å². The molecule has 0 radical (unpaired) electrons. The fourth-order valence-corrected chi connectivity index (χ4v) is 3.55. The van der Waals surface area contributed by atoms with E-state index in [0.29, 0.717) is 31.9 Å². The smallest absolute Gasteiger partial charge is 0.211 e. The number of benzene rings is 1. The summed E-state index contributed by atoms with van der Waals surface area (Å²) in [7, 11) is -3.11. The Morgan fingerprint density at radius 2 is 1.86 bits per heavy atom. The Morgan fingerprint density at radius 1 is 1.14 bits per heavy atom. The first-order valence-corrected chi connectivity index (χ1v) is 8.65. The van der Waals surface area contributed by atoms with Crippen LogP contribution in [0.2, 0.25) is 0 Å². The summed E-state index contributed by atoms with van der Waals surface area (Å²) >= 11 is 0. The van der Waals surface area contributed by atoms with Crippen molar-refractivity contribution >= 4 is 32.3 Å². The molecule has 6 nitrogen and oxygen atoms in total. The second-order valence-corrected chi connectivity index (χ2v) is 7.21. The number of sulfonamides is 1. The molecule has 2 N–H and O–H groups in total. The van der Waals surface area contributed by atoms with Gasteiger partial charge in [-0.05, 0) is 12.1 Å². The quantitative estimate of drug-likeness (QED) is 0.834. The van der Waals surface area contributed by atoms with E-state index in [1.54, 1.807) is 6.20 Å². The molecule has 1 aliphatic rings. The van der Waals surface area contributed by atoms with E-state index in [2.05, 4.69) is 9.88 Å². The second-order valence-electron chi connectivity index (χ2n) is 5.22. The average molecular weight is 306 g/mol. The summed E-state index contributed by atoms with van der Waals surface area (Å²) in [6.45, 7) is 2.35. The summed E-state index contributed by atoms with van der Waals surface area (Å²) < 4.78 is 24.6. The Hall–Kier alpha value is -1.86. The monoisotopic (exact) mass is 306 g/mol. The molecule has 1 saturated heterocycles. The first-order valence-electron chi connectivity index (χ1n) is 6.80. The van der Waals surface area contributed by atoms with Crippen LogP contribution in [-0.2, 0) is 10.0 Å². The summed E-state index contributed by atoms with van der Waals surface area (Å²) in [5, 5.41) is 1.00. The highest BCUT2D eigenvalue weighted by molar-refractivity contribution is 7.88. The van der Waals surface area contributed by atoms with Gasteiger partial charge in [-0.2, -0.15) is 4.31 Å². The molecular formula is C14H18N4O2S. The maximum Gasteiger partial charge on any atom is 0.211 e. The number of nitrogens with two attached hydrogens (primary N) is 1. The van der Waals surface area contributed by atoms with Crippen LogP contribution in [0, 0.1) is 0 Å². The molecule has 1 aromatic heterocycles. The van der Waals surface area contributed by atoms with E-state index in [-0.39, 0.29) is 0 Å². The Morgan fingerprint density at radius 3 is 2.52 bits per heavy atom. The molecule has 1 aliphatic heterocycles. The summed E-state index contributed by atoms with van der Waals surface area (Å²) in [4.78, 5) is 6.52. The minimum atomic E-state index is -3.11. The number of hydrogen-bond donors (Lipinski definition) is 1. The van der Waals surface area contributed by atoms with E-state index in [9.17, 15) is 8.42 Å². The van der Waals surface area contributed by atoms with E-state index < -0.39 is 10.0 Å². The minimum Gasteiger partial charge on any atom is -0.397 e. The molecular weight excluding hydrogens is 288 g/mol. The third-order valence-corrected chi connectivity index (χ3v) is 5.13. The number of nitrogens with zero attached hydrogens (tertiary/aromatic N) is 3. The number of pyridine rings is 1. The molecule has 0 unspecified atom stereocenters. The van der Waals surface area contributed by atoms with Crippen molar-refractivity contribution in [1.29, 1.82) is 0 Å². The predicted molar refractivity (Wildman–Crippen MR) is 84.8 cm³/mol. The molecule has 1 fully saturated rings. The van der Waals surface area contributed by atoms with E-state index in [0.717, 1.165) is 16.6 Å². The zero-order valence-electron chi connectivity index (χ0n) is 11.9. The number of anilines is 2. The van der Waals surface area contributed by atoms with Gasteiger partial charge in [-0.25, -0.2) is 8.42 Å². The van der Waals surface area contributed by atoms with Gasteiger partial charge in [0.2, 0.25) is 10.0 Å². The molecule has 2 aromatic rings. The average Bonchev–Trinajstić information content (AvgIpc) is 2.46. The van der Waals surface area contributed by atoms with Gasteiger partial charge < -0.3 is 10.6 Å². The number of piperazine rings is 1. The zero-order chi connectivity index (χ0) is 15.0. The van der Waals surface area contributed by atoms with Crippen molar-refractivity contribution in [2.75, 3.05) is 43.1 Å². The molecule has 0 atom stereocenters. The normalized spacial score (nSPS) is 17.3. The summed E-state index contributed by atoms with van der Waals surface area (Å²) in [5.41, 5.74) is 8.47. The Labute approximate surface area is 124 Å². The molecule has 0 amide bonds. The number of aromatic nitrogens is 1. The predicted octanol–water partition coefficient (Wildman–Crippen LogP) is 0.899. The topological polar surface area (TPSA) is 79.5 Å². The lowest BCUT2D eigenvalue weighted by Gasteiger charge is -2.35. The van der Waals surface area contributed by atoms with Gasteiger partial charge in [-0.15, -0.1) is 0 Å². The van der Waals surface area contributed by atoms with Crippen LogP contribution in [0.15, 0.2) is 30.5 Å². The van der Waals surface area contributed by atoms with Crippen molar-refractivity contribution in [1.82, 2.24) is 9.29 Å². The maximum atomic E-state index is 11.6. The van der Waals surface area contributed by atoms with Crippen molar-refractivity contribution in [3.63, 3.8) is 0 Å². The van der Waals surface area contributed by atoms with Gasteiger partial charge in [-0.3, -0.25) is 4.98 Å². The zero-order valence-corrected chi connectivity index (χ0v) is 12.7. The van der Waals surface area contributed by atoms with Gasteiger partial charge in [0.15, 0.2) is 0 Å². The lowest BCUT2D eigenvalue weighted by atomic mass is 10.1. The third kappa shape index (κ3) is 2.66. The fraction of sp³-hybridized carbons (Fsp3) is 0.357. The van der Waals surface area contributed by atoms with Crippen molar-refractivity contribution in [3.05, 3.63) is 30.5 Å². The number of hydrogen-bond acceptors (Lipinski definition) is 5. The first-order chi connectivity index (χ1) is 9.97. The van der Waals surface area contributed by atoms with Gasteiger partial charge in [-0.1, -0.05) is 12.1 Å². The van der Waals surface area contributed by atoms with Crippen molar-refractivity contribution in [2.45, 2.75) is 0 Å². The van der Waals surface area contributed by atoms with Crippen LogP contribution in [0.1, 0.15) is 0 Å². The minimum absolute atomic E-state index is 0.505. The second kappa shape index (κ2) is 5.16. The summed E-state index contributed by atoms with van der Waals surface area (Å²) in [6.07, 6.45) is 3.00. The van der Waals surface area contributed by atoms with Gasteiger partial charge in [0.25, 0.3) is 0 Å². The van der Waals surface area contributed by atoms with Gasteiger partial charge in [0, 0.05) is 43.4 Å². The lowest BCUT2D eigenvalue weighted by molar-refractivity contribution is 0.388. The highest BCUT2D eigenvalue weighted by Crippen LogP contribution is 2.29. The van der Waals surface area contributed by atoms with E-state index >= 15 is 0 Å². The van der Waals surface area contributed by atoms with Crippen LogP contribution < -0.4 is 10.6 Å². The Balaban J connectivity index is 1.91. The summed E-state index contributed by atoms with van der Waals surface area (Å²) in [5.74, 6) is 0. The van der Waals surface area contributed by atoms with Gasteiger partial charge >= 0.3 is 0 Å².